The number of rotatable bonds is 2. The monoisotopic (exact) mass is 218 g/mol. The molecule has 14 heavy (non-hydrogen) atoms. The van der Waals surface area contributed by atoms with Crippen LogP contribution in [0.3, 0.4) is 0 Å². The minimum absolute atomic E-state index is 0. The van der Waals surface area contributed by atoms with E-state index in [-0.39, 0.29) is 18.3 Å². The first-order valence-electron chi connectivity index (χ1n) is 5.31. The average molecular weight is 219 g/mol. The van der Waals surface area contributed by atoms with Crippen molar-refractivity contribution >= 4 is 18.3 Å². The van der Waals surface area contributed by atoms with Crippen LogP contribution in [0.2, 0.25) is 0 Å². The highest BCUT2D eigenvalue weighted by Crippen LogP contribution is 2.29. The van der Waals surface area contributed by atoms with E-state index in [0.717, 1.165) is 38.5 Å². The van der Waals surface area contributed by atoms with Crippen LogP contribution in [0.5, 0.6) is 0 Å². The molecule has 0 atom stereocenters. The molecule has 2 fully saturated rings. The zero-order valence-electron chi connectivity index (χ0n) is 8.37. The number of hydrogen-bond acceptors (Lipinski definition) is 2. The van der Waals surface area contributed by atoms with Crippen LogP contribution in [-0.4, -0.2) is 18.0 Å². The molecular weight excluding hydrogens is 200 g/mol. The summed E-state index contributed by atoms with van der Waals surface area (Å²) in [6, 6.07) is 0.780. The summed E-state index contributed by atoms with van der Waals surface area (Å²) >= 11 is 0. The Morgan fingerprint density at radius 2 is 1.64 bits per heavy atom. The molecule has 0 aromatic carbocycles. The normalized spacial score (nSPS) is 31.8. The first-order valence-corrected chi connectivity index (χ1v) is 5.31. The van der Waals surface area contributed by atoms with Gasteiger partial charge in [0.05, 0.1) is 0 Å². The summed E-state index contributed by atoms with van der Waals surface area (Å²) in [6.07, 6.45) is 6.46. The SMILES string of the molecule is Cl.NC1CCC(NC(=O)C2CC2)CC1. The van der Waals surface area contributed by atoms with E-state index >= 15 is 0 Å². The molecule has 0 saturated heterocycles. The Morgan fingerprint density at radius 1 is 1.07 bits per heavy atom. The van der Waals surface area contributed by atoms with Crippen molar-refractivity contribution in [2.45, 2.75) is 50.6 Å². The minimum Gasteiger partial charge on any atom is -0.353 e. The molecule has 82 valence electrons. The van der Waals surface area contributed by atoms with Crippen LogP contribution in [0.4, 0.5) is 0 Å². The fraction of sp³-hybridized carbons (Fsp3) is 0.900. The second kappa shape index (κ2) is 4.99. The van der Waals surface area contributed by atoms with Crippen LogP contribution in [-0.2, 0) is 4.79 Å². The van der Waals surface area contributed by atoms with Crippen molar-refractivity contribution in [3.05, 3.63) is 0 Å². The van der Waals surface area contributed by atoms with E-state index in [9.17, 15) is 4.79 Å². The lowest BCUT2D eigenvalue weighted by Crippen LogP contribution is -2.41. The Kier molecular flexibility index (Phi) is 4.20. The fourth-order valence-electron chi connectivity index (χ4n) is 1.93. The third kappa shape index (κ3) is 3.14. The summed E-state index contributed by atoms with van der Waals surface area (Å²) in [6.45, 7) is 0. The van der Waals surface area contributed by atoms with Crippen molar-refractivity contribution in [2.24, 2.45) is 11.7 Å². The largest absolute Gasteiger partial charge is 0.353 e. The van der Waals surface area contributed by atoms with Crippen LogP contribution >= 0.6 is 12.4 Å². The van der Waals surface area contributed by atoms with E-state index in [0.29, 0.717) is 18.0 Å². The van der Waals surface area contributed by atoms with Gasteiger partial charge >= 0.3 is 0 Å². The molecule has 2 saturated carbocycles. The summed E-state index contributed by atoms with van der Waals surface area (Å²) in [4.78, 5) is 11.4. The molecule has 3 N–H and O–H groups in total. The van der Waals surface area contributed by atoms with Crippen LogP contribution in [0.15, 0.2) is 0 Å². The maximum atomic E-state index is 11.4. The third-order valence-electron chi connectivity index (χ3n) is 3.07. The van der Waals surface area contributed by atoms with E-state index in [2.05, 4.69) is 5.32 Å². The predicted octanol–water partition coefficient (Wildman–Crippen LogP) is 1.20. The van der Waals surface area contributed by atoms with Gasteiger partial charge in [-0.05, 0) is 38.5 Å². The second-order valence-electron chi connectivity index (χ2n) is 4.39. The quantitative estimate of drug-likeness (QED) is 0.732. The van der Waals surface area contributed by atoms with Gasteiger partial charge in [0, 0.05) is 18.0 Å². The van der Waals surface area contributed by atoms with Crippen LogP contribution in [0.1, 0.15) is 38.5 Å². The molecule has 0 radical (unpaired) electrons. The number of nitrogens with one attached hydrogen (secondary N) is 1. The van der Waals surface area contributed by atoms with Crippen molar-refractivity contribution in [3.63, 3.8) is 0 Å². The molecular formula is C10H19ClN2O. The lowest BCUT2D eigenvalue weighted by Gasteiger charge is -2.26. The number of hydrogen-bond donors (Lipinski definition) is 2. The number of amides is 1. The standard InChI is InChI=1S/C10H18N2O.ClH/c11-8-3-5-9(6-4-8)12-10(13)7-1-2-7;/h7-9H,1-6,11H2,(H,12,13);1H. The van der Waals surface area contributed by atoms with Gasteiger partial charge < -0.3 is 11.1 Å². The topological polar surface area (TPSA) is 55.1 Å². The molecule has 0 bridgehead atoms. The first kappa shape index (κ1) is 11.8. The Balaban J connectivity index is 0.000000980. The van der Waals surface area contributed by atoms with Crippen molar-refractivity contribution in [1.82, 2.24) is 5.32 Å². The molecule has 2 aliphatic carbocycles. The summed E-state index contributed by atoms with van der Waals surface area (Å²) in [5.74, 6) is 0.621. The van der Waals surface area contributed by atoms with E-state index in [4.69, 9.17) is 5.73 Å². The maximum absolute atomic E-state index is 11.4. The van der Waals surface area contributed by atoms with Gasteiger partial charge in [0.1, 0.15) is 0 Å². The number of halogens is 1. The number of carbonyl (C=O) groups excluding carboxylic acids is 1. The summed E-state index contributed by atoms with van der Waals surface area (Å²) < 4.78 is 0. The van der Waals surface area contributed by atoms with Crippen molar-refractivity contribution in [3.8, 4) is 0 Å². The lowest BCUT2D eigenvalue weighted by atomic mass is 9.92. The molecule has 0 spiro atoms. The molecule has 0 aromatic heterocycles. The molecule has 4 heteroatoms. The highest BCUT2D eigenvalue weighted by Gasteiger charge is 2.31. The maximum Gasteiger partial charge on any atom is 0.223 e. The van der Waals surface area contributed by atoms with E-state index in [1.807, 2.05) is 0 Å². The fourth-order valence-corrected chi connectivity index (χ4v) is 1.93. The van der Waals surface area contributed by atoms with Gasteiger partial charge in [-0.3, -0.25) is 4.79 Å². The molecule has 2 aliphatic rings. The highest BCUT2D eigenvalue weighted by molar-refractivity contribution is 5.85. The molecule has 2 rings (SSSR count). The Hall–Kier alpha value is -0.280. The van der Waals surface area contributed by atoms with Gasteiger partial charge in [0.25, 0.3) is 0 Å². The second-order valence-corrected chi connectivity index (χ2v) is 4.39. The summed E-state index contributed by atoms with van der Waals surface area (Å²) in [5, 5.41) is 3.11. The van der Waals surface area contributed by atoms with Gasteiger partial charge in [0.15, 0.2) is 0 Å². The average Bonchev–Trinajstić information content (AvgIpc) is 2.91. The van der Waals surface area contributed by atoms with Gasteiger partial charge in [-0.2, -0.15) is 0 Å². The van der Waals surface area contributed by atoms with Gasteiger partial charge in [0.2, 0.25) is 5.91 Å². The Bertz CT molecular complexity index is 198. The zero-order valence-corrected chi connectivity index (χ0v) is 9.19. The highest BCUT2D eigenvalue weighted by atomic mass is 35.5. The molecule has 0 aliphatic heterocycles. The Morgan fingerprint density at radius 3 is 2.14 bits per heavy atom. The van der Waals surface area contributed by atoms with E-state index in [1.54, 1.807) is 0 Å². The van der Waals surface area contributed by atoms with Crippen molar-refractivity contribution in [1.29, 1.82) is 0 Å². The molecule has 3 nitrogen and oxygen atoms in total. The van der Waals surface area contributed by atoms with Gasteiger partial charge in [-0.25, -0.2) is 0 Å². The van der Waals surface area contributed by atoms with E-state index in [1.165, 1.54) is 0 Å². The van der Waals surface area contributed by atoms with Crippen molar-refractivity contribution in [2.75, 3.05) is 0 Å². The van der Waals surface area contributed by atoms with Gasteiger partial charge in [-0.1, -0.05) is 0 Å². The van der Waals surface area contributed by atoms with Crippen LogP contribution in [0.25, 0.3) is 0 Å². The number of carbonyl (C=O) groups is 1. The molecule has 0 heterocycles. The van der Waals surface area contributed by atoms with Gasteiger partial charge in [-0.15, -0.1) is 12.4 Å². The number of nitrogens with two attached hydrogens (primary N) is 1. The van der Waals surface area contributed by atoms with Crippen molar-refractivity contribution < 1.29 is 4.79 Å². The third-order valence-corrected chi connectivity index (χ3v) is 3.07. The smallest absolute Gasteiger partial charge is 0.223 e. The first-order chi connectivity index (χ1) is 6.25. The molecule has 0 unspecified atom stereocenters. The van der Waals surface area contributed by atoms with Crippen LogP contribution < -0.4 is 11.1 Å². The zero-order chi connectivity index (χ0) is 9.26. The Labute approximate surface area is 91.2 Å². The minimum atomic E-state index is 0. The molecule has 0 aromatic rings. The van der Waals surface area contributed by atoms with E-state index < -0.39 is 0 Å². The summed E-state index contributed by atoms with van der Waals surface area (Å²) in [5.41, 5.74) is 5.79. The summed E-state index contributed by atoms with van der Waals surface area (Å²) in [7, 11) is 0. The lowest BCUT2D eigenvalue weighted by molar-refractivity contribution is -0.123. The molecule has 1 amide bonds. The predicted molar refractivity (Wildman–Crippen MR) is 58.3 cm³/mol. The van der Waals surface area contributed by atoms with Crippen LogP contribution in [0, 0.1) is 5.92 Å².